The van der Waals surface area contributed by atoms with Gasteiger partial charge in [0.1, 0.15) is 6.54 Å². The zero-order valence-corrected chi connectivity index (χ0v) is 11.8. The Labute approximate surface area is 123 Å². The Morgan fingerprint density at radius 3 is 2.71 bits per heavy atom. The largest absolute Gasteiger partial charge is 0.480 e. The summed E-state index contributed by atoms with van der Waals surface area (Å²) in [6.07, 6.45) is 2.08. The van der Waals surface area contributed by atoms with Crippen molar-refractivity contribution in [3.05, 3.63) is 0 Å². The number of hydrogen-bond acceptors (Lipinski definition) is 5. The van der Waals surface area contributed by atoms with E-state index in [1.807, 2.05) is 0 Å². The van der Waals surface area contributed by atoms with E-state index in [9.17, 15) is 14.4 Å². The van der Waals surface area contributed by atoms with Gasteiger partial charge in [0.05, 0.1) is 18.5 Å². The normalized spacial score (nSPS) is 18.5. The van der Waals surface area contributed by atoms with Crippen LogP contribution < -0.4 is 10.6 Å². The molecule has 116 valence electrons. The molecule has 21 heavy (non-hydrogen) atoms. The second kappa shape index (κ2) is 8.92. The van der Waals surface area contributed by atoms with Gasteiger partial charge in [-0.3, -0.25) is 14.4 Å². The summed E-state index contributed by atoms with van der Waals surface area (Å²) < 4.78 is 0. The molecule has 1 saturated heterocycles. The van der Waals surface area contributed by atoms with E-state index >= 15 is 0 Å². The number of nitrogens with one attached hydrogen (secondary N) is 2. The first kappa shape index (κ1) is 16.9. The highest BCUT2D eigenvalue weighted by Gasteiger charge is 2.25. The molecule has 1 rings (SSSR count). The molecular formula is C13H20N4O4. The van der Waals surface area contributed by atoms with Gasteiger partial charge in [0, 0.05) is 19.5 Å². The number of carboxylic acids is 1. The van der Waals surface area contributed by atoms with Gasteiger partial charge in [0.25, 0.3) is 0 Å². The topological polar surface area (TPSA) is 123 Å². The first-order valence-corrected chi connectivity index (χ1v) is 6.88. The van der Waals surface area contributed by atoms with Gasteiger partial charge in [-0.1, -0.05) is 0 Å². The maximum absolute atomic E-state index is 12.0. The molecule has 0 saturated carbocycles. The van der Waals surface area contributed by atoms with Crippen LogP contribution in [0.15, 0.2) is 0 Å². The van der Waals surface area contributed by atoms with Gasteiger partial charge >= 0.3 is 5.97 Å². The van der Waals surface area contributed by atoms with Gasteiger partial charge in [0.15, 0.2) is 0 Å². The van der Waals surface area contributed by atoms with E-state index in [-0.39, 0.29) is 18.4 Å². The zero-order chi connectivity index (χ0) is 15.7. The van der Waals surface area contributed by atoms with Crippen molar-refractivity contribution in [1.82, 2.24) is 15.5 Å². The minimum Gasteiger partial charge on any atom is -0.480 e. The highest BCUT2D eigenvalue weighted by atomic mass is 16.4. The summed E-state index contributed by atoms with van der Waals surface area (Å²) in [5.41, 5.74) is 0. The third kappa shape index (κ3) is 6.72. The van der Waals surface area contributed by atoms with Crippen molar-refractivity contribution in [1.29, 1.82) is 5.26 Å². The standard InChI is InChI=1S/C13H20N4O4/c14-4-2-6-17-5-1-3-10(9-17)13(21)16-7-11(18)15-8-12(19)20/h10H,1-3,5-9H2,(H,15,18)(H,16,21)(H,19,20). The molecule has 0 bridgehead atoms. The summed E-state index contributed by atoms with van der Waals surface area (Å²) in [5, 5.41) is 21.7. The lowest BCUT2D eigenvalue weighted by Crippen LogP contribution is -2.46. The first-order chi connectivity index (χ1) is 10.0. The maximum atomic E-state index is 12.0. The number of carboxylic acid groups (broad SMARTS) is 1. The molecule has 0 aromatic carbocycles. The Balaban J connectivity index is 2.29. The van der Waals surface area contributed by atoms with Crippen molar-refractivity contribution in [2.24, 2.45) is 5.92 Å². The summed E-state index contributed by atoms with van der Waals surface area (Å²) in [6, 6.07) is 2.08. The molecule has 0 aliphatic carbocycles. The molecular weight excluding hydrogens is 276 g/mol. The van der Waals surface area contributed by atoms with Crippen LogP contribution in [-0.2, 0) is 14.4 Å². The lowest BCUT2D eigenvalue weighted by atomic mass is 9.97. The summed E-state index contributed by atoms with van der Waals surface area (Å²) in [4.78, 5) is 35.6. The number of piperidine rings is 1. The fourth-order valence-electron chi connectivity index (χ4n) is 2.23. The molecule has 8 heteroatoms. The van der Waals surface area contributed by atoms with Gasteiger partial charge < -0.3 is 20.6 Å². The Morgan fingerprint density at radius 1 is 1.29 bits per heavy atom. The van der Waals surface area contributed by atoms with E-state index in [4.69, 9.17) is 10.4 Å². The molecule has 1 aliphatic heterocycles. The predicted octanol–water partition coefficient (Wildman–Crippen LogP) is -1.07. The number of carbonyl (C=O) groups excluding carboxylic acids is 2. The Bertz CT molecular complexity index is 432. The van der Waals surface area contributed by atoms with Crippen LogP contribution in [0.1, 0.15) is 19.3 Å². The van der Waals surface area contributed by atoms with Gasteiger partial charge in [-0.2, -0.15) is 5.26 Å². The fraction of sp³-hybridized carbons (Fsp3) is 0.692. The molecule has 1 fully saturated rings. The minimum absolute atomic E-state index is 0.190. The number of likely N-dealkylation sites (tertiary alicyclic amines) is 1. The van der Waals surface area contributed by atoms with Crippen LogP contribution in [0.4, 0.5) is 0 Å². The van der Waals surface area contributed by atoms with E-state index in [1.165, 1.54) is 0 Å². The van der Waals surface area contributed by atoms with Gasteiger partial charge in [-0.05, 0) is 19.4 Å². The predicted molar refractivity (Wildman–Crippen MR) is 73.0 cm³/mol. The summed E-state index contributed by atoms with van der Waals surface area (Å²) >= 11 is 0. The molecule has 3 N–H and O–H groups in total. The maximum Gasteiger partial charge on any atom is 0.322 e. The lowest BCUT2D eigenvalue weighted by molar-refractivity contribution is -0.137. The minimum atomic E-state index is -1.13. The van der Waals surface area contributed by atoms with Gasteiger partial charge in [0.2, 0.25) is 11.8 Å². The van der Waals surface area contributed by atoms with Crippen LogP contribution in [0.25, 0.3) is 0 Å². The van der Waals surface area contributed by atoms with Crippen molar-refractivity contribution in [2.75, 3.05) is 32.7 Å². The van der Waals surface area contributed by atoms with Crippen LogP contribution in [0.3, 0.4) is 0 Å². The van der Waals surface area contributed by atoms with Crippen LogP contribution in [0.5, 0.6) is 0 Å². The number of rotatable bonds is 7. The molecule has 8 nitrogen and oxygen atoms in total. The second-order valence-corrected chi connectivity index (χ2v) is 4.94. The smallest absolute Gasteiger partial charge is 0.322 e. The Morgan fingerprint density at radius 2 is 2.05 bits per heavy atom. The van der Waals surface area contributed by atoms with E-state index in [1.54, 1.807) is 0 Å². The van der Waals surface area contributed by atoms with E-state index < -0.39 is 18.4 Å². The van der Waals surface area contributed by atoms with Crippen molar-refractivity contribution in [3.63, 3.8) is 0 Å². The van der Waals surface area contributed by atoms with Crippen molar-refractivity contribution in [2.45, 2.75) is 19.3 Å². The number of hydrogen-bond donors (Lipinski definition) is 3. The molecule has 1 atom stereocenters. The number of aliphatic carboxylic acids is 1. The quantitative estimate of drug-likeness (QED) is 0.550. The highest BCUT2D eigenvalue weighted by Crippen LogP contribution is 2.16. The average molecular weight is 296 g/mol. The third-order valence-electron chi connectivity index (χ3n) is 3.28. The van der Waals surface area contributed by atoms with Crippen molar-refractivity contribution in [3.8, 4) is 6.07 Å². The highest BCUT2D eigenvalue weighted by molar-refractivity contribution is 5.87. The molecule has 0 radical (unpaired) electrons. The van der Waals surface area contributed by atoms with E-state index in [0.29, 0.717) is 19.5 Å². The first-order valence-electron chi connectivity index (χ1n) is 6.88. The molecule has 0 spiro atoms. The van der Waals surface area contributed by atoms with Crippen LogP contribution >= 0.6 is 0 Å². The van der Waals surface area contributed by atoms with Crippen LogP contribution in [0, 0.1) is 17.2 Å². The Hall–Kier alpha value is -2.14. The number of nitrogens with zero attached hydrogens (tertiary/aromatic N) is 2. The average Bonchev–Trinajstić information content (AvgIpc) is 2.48. The zero-order valence-electron chi connectivity index (χ0n) is 11.8. The molecule has 0 aromatic rings. The van der Waals surface area contributed by atoms with Gasteiger partial charge in [-0.25, -0.2) is 0 Å². The molecule has 2 amide bonds. The summed E-state index contributed by atoms with van der Waals surface area (Å²) in [6.45, 7) is 1.44. The molecule has 1 heterocycles. The monoisotopic (exact) mass is 296 g/mol. The number of carbonyl (C=O) groups is 3. The molecule has 1 unspecified atom stereocenters. The van der Waals surface area contributed by atoms with E-state index in [0.717, 1.165) is 19.4 Å². The third-order valence-corrected chi connectivity index (χ3v) is 3.28. The second-order valence-electron chi connectivity index (χ2n) is 4.94. The fourth-order valence-corrected chi connectivity index (χ4v) is 2.23. The number of amides is 2. The van der Waals surface area contributed by atoms with E-state index in [2.05, 4.69) is 21.6 Å². The molecule has 0 aromatic heterocycles. The summed E-state index contributed by atoms with van der Waals surface area (Å²) in [5.74, 6) is -2.05. The van der Waals surface area contributed by atoms with Gasteiger partial charge in [-0.15, -0.1) is 0 Å². The van der Waals surface area contributed by atoms with Crippen LogP contribution in [-0.4, -0.2) is 60.5 Å². The van der Waals surface area contributed by atoms with Crippen molar-refractivity contribution < 1.29 is 19.5 Å². The van der Waals surface area contributed by atoms with Crippen LogP contribution in [0.2, 0.25) is 0 Å². The number of nitriles is 1. The lowest BCUT2D eigenvalue weighted by Gasteiger charge is -2.31. The summed E-state index contributed by atoms with van der Waals surface area (Å²) in [7, 11) is 0. The Kier molecular flexibility index (Phi) is 7.18. The molecule has 1 aliphatic rings. The SMILES string of the molecule is N#CCCN1CCCC(C(=O)NCC(=O)NCC(=O)O)C1. The van der Waals surface area contributed by atoms with Crippen molar-refractivity contribution >= 4 is 17.8 Å².